The van der Waals surface area contributed by atoms with Gasteiger partial charge in [0.1, 0.15) is 0 Å². The van der Waals surface area contributed by atoms with E-state index in [1.807, 2.05) is 0 Å². The van der Waals surface area contributed by atoms with E-state index < -0.39 is 12.0 Å². The van der Waals surface area contributed by atoms with Crippen molar-refractivity contribution in [1.29, 1.82) is 0 Å². The molecule has 0 N–H and O–H groups in total. The van der Waals surface area contributed by atoms with Crippen LogP contribution >= 0.6 is 11.8 Å². The van der Waals surface area contributed by atoms with Crippen molar-refractivity contribution in [3.8, 4) is 11.5 Å². The van der Waals surface area contributed by atoms with Crippen molar-refractivity contribution in [2.45, 2.75) is 11.3 Å². The van der Waals surface area contributed by atoms with Crippen LogP contribution in [0.4, 0.5) is 13.2 Å². The average Bonchev–Trinajstić information content (AvgIpc) is 2.92. The number of benzene rings is 1. The van der Waals surface area contributed by atoms with Crippen LogP contribution < -0.4 is 9.47 Å². The third-order valence-corrected chi connectivity index (χ3v) is 4.15. The number of ketones is 1. The smallest absolute Gasteiger partial charge is 0.451 e. The fourth-order valence-corrected chi connectivity index (χ4v) is 2.72. The highest BCUT2D eigenvalue weighted by Crippen LogP contribution is 2.31. The van der Waals surface area contributed by atoms with Gasteiger partial charge < -0.3 is 14.0 Å². The molecule has 1 aromatic heterocycles. The lowest BCUT2D eigenvalue weighted by Gasteiger charge is -2.09. The zero-order valence-electron chi connectivity index (χ0n) is 13.0. The third-order valence-electron chi connectivity index (χ3n) is 3.13. The Kier molecular flexibility index (Phi) is 5.37. The van der Waals surface area contributed by atoms with Crippen LogP contribution in [-0.4, -0.2) is 40.5 Å². The van der Waals surface area contributed by atoms with Crippen molar-refractivity contribution < 1.29 is 27.4 Å². The minimum Gasteiger partial charge on any atom is -0.493 e. The Balaban J connectivity index is 2.10. The highest BCUT2D eigenvalue weighted by Gasteiger charge is 2.37. The number of nitrogens with zero attached hydrogens (tertiary/aromatic N) is 3. The second-order valence-corrected chi connectivity index (χ2v) is 5.59. The monoisotopic (exact) mass is 361 g/mol. The molecule has 0 fully saturated rings. The van der Waals surface area contributed by atoms with Gasteiger partial charge in [-0.15, -0.1) is 10.2 Å². The number of alkyl halides is 3. The number of ether oxygens (including phenoxy) is 2. The maximum absolute atomic E-state index is 12.7. The molecule has 0 aliphatic heterocycles. The third kappa shape index (κ3) is 3.81. The molecule has 2 rings (SSSR count). The first-order valence-corrected chi connectivity index (χ1v) is 7.61. The molecule has 0 saturated heterocycles. The van der Waals surface area contributed by atoms with Crippen LogP contribution in [-0.2, 0) is 13.2 Å². The molecule has 0 unspecified atom stereocenters. The highest BCUT2D eigenvalue weighted by atomic mass is 32.2. The van der Waals surface area contributed by atoms with E-state index in [-0.39, 0.29) is 16.7 Å². The van der Waals surface area contributed by atoms with Crippen molar-refractivity contribution in [3.63, 3.8) is 0 Å². The summed E-state index contributed by atoms with van der Waals surface area (Å²) in [5.41, 5.74) is 0.360. The predicted octanol–water partition coefficient (Wildman–Crippen LogP) is 2.83. The van der Waals surface area contributed by atoms with E-state index in [9.17, 15) is 18.0 Å². The molecule has 0 bridgehead atoms. The summed E-state index contributed by atoms with van der Waals surface area (Å²) < 4.78 is 49.0. The van der Waals surface area contributed by atoms with E-state index in [4.69, 9.17) is 9.47 Å². The normalized spacial score (nSPS) is 11.4. The van der Waals surface area contributed by atoms with Gasteiger partial charge in [0.2, 0.25) is 5.82 Å². The second-order valence-electron chi connectivity index (χ2n) is 4.64. The van der Waals surface area contributed by atoms with Crippen LogP contribution in [0.15, 0.2) is 23.4 Å². The summed E-state index contributed by atoms with van der Waals surface area (Å²) in [6.45, 7) is 0. The maximum atomic E-state index is 12.7. The number of carbonyl (C=O) groups excluding carboxylic acids is 1. The van der Waals surface area contributed by atoms with E-state index in [1.54, 1.807) is 12.1 Å². The molecule has 1 aromatic carbocycles. The Labute approximate surface area is 140 Å². The fraction of sp³-hybridized carbons (Fsp3) is 0.357. The van der Waals surface area contributed by atoms with Crippen LogP contribution in [0.25, 0.3) is 0 Å². The topological polar surface area (TPSA) is 66.2 Å². The van der Waals surface area contributed by atoms with Crippen molar-refractivity contribution in [1.82, 2.24) is 14.8 Å². The van der Waals surface area contributed by atoms with Crippen LogP contribution in [0.5, 0.6) is 11.5 Å². The van der Waals surface area contributed by atoms with Gasteiger partial charge in [-0.05, 0) is 18.2 Å². The molecule has 1 heterocycles. The summed E-state index contributed by atoms with van der Waals surface area (Å²) in [6.07, 6.45) is -4.59. The highest BCUT2D eigenvalue weighted by molar-refractivity contribution is 7.99. The van der Waals surface area contributed by atoms with E-state index in [0.717, 1.165) is 16.3 Å². The molecule has 130 valence electrons. The number of aromatic nitrogens is 3. The molecule has 0 aliphatic carbocycles. The predicted molar refractivity (Wildman–Crippen MR) is 80.6 cm³/mol. The minimum absolute atomic E-state index is 0.0103. The van der Waals surface area contributed by atoms with Gasteiger partial charge in [-0.2, -0.15) is 13.2 Å². The number of Topliss-reactive ketones (excluding diaryl/α,β-unsaturated/α-hetero) is 1. The van der Waals surface area contributed by atoms with E-state index in [2.05, 4.69) is 10.2 Å². The number of methoxy groups -OCH3 is 2. The molecule has 10 heteroatoms. The van der Waals surface area contributed by atoms with E-state index in [0.29, 0.717) is 17.1 Å². The zero-order chi connectivity index (χ0) is 17.9. The molecule has 2 aromatic rings. The Morgan fingerprint density at radius 3 is 2.42 bits per heavy atom. The molecule has 24 heavy (non-hydrogen) atoms. The molecule has 0 spiro atoms. The van der Waals surface area contributed by atoms with Crippen molar-refractivity contribution in [2.24, 2.45) is 7.05 Å². The summed E-state index contributed by atoms with van der Waals surface area (Å²) >= 11 is 0.878. The molecular weight excluding hydrogens is 347 g/mol. The van der Waals surface area contributed by atoms with Gasteiger partial charge in [0.15, 0.2) is 22.4 Å². The zero-order valence-corrected chi connectivity index (χ0v) is 13.9. The van der Waals surface area contributed by atoms with Crippen LogP contribution in [0.2, 0.25) is 0 Å². The van der Waals surface area contributed by atoms with Crippen molar-refractivity contribution in [2.75, 3.05) is 20.0 Å². The number of halogens is 3. The van der Waals surface area contributed by atoms with Crippen molar-refractivity contribution in [3.05, 3.63) is 29.6 Å². The Bertz CT molecular complexity index is 747. The summed E-state index contributed by atoms with van der Waals surface area (Å²) in [7, 11) is 4.12. The number of thioether (sulfide) groups is 1. The van der Waals surface area contributed by atoms with Gasteiger partial charge in [-0.1, -0.05) is 11.8 Å². The van der Waals surface area contributed by atoms with E-state index >= 15 is 0 Å². The van der Waals surface area contributed by atoms with Crippen molar-refractivity contribution >= 4 is 17.5 Å². The standard InChI is InChI=1S/C14H14F3N3O3S/c1-20-12(14(15,16)17)18-19-13(20)24-7-9(21)8-4-5-10(22-2)11(6-8)23-3/h4-6H,7H2,1-3H3. The second kappa shape index (κ2) is 7.12. The summed E-state index contributed by atoms with van der Waals surface area (Å²) in [5.74, 6) is -0.600. The lowest BCUT2D eigenvalue weighted by Crippen LogP contribution is -2.13. The van der Waals surface area contributed by atoms with Gasteiger partial charge in [-0.25, -0.2) is 0 Å². The van der Waals surface area contributed by atoms with Crippen LogP contribution in [0.3, 0.4) is 0 Å². The molecule has 0 atom stereocenters. The molecule has 6 nitrogen and oxygen atoms in total. The number of carbonyl (C=O) groups is 1. The van der Waals surface area contributed by atoms with Gasteiger partial charge in [-0.3, -0.25) is 4.79 Å². The van der Waals surface area contributed by atoms with Gasteiger partial charge >= 0.3 is 6.18 Å². The number of hydrogen-bond acceptors (Lipinski definition) is 6. The average molecular weight is 361 g/mol. The first-order chi connectivity index (χ1) is 11.3. The first kappa shape index (κ1) is 18.1. The summed E-state index contributed by atoms with van der Waals surface area (Å²) in [4.78, 5) is 12.2. The molecule has 0 radical (unpaired) electrons. The lowest BCUT2D eigenvalue weighted by molar-refractivity contribution is -0.147. The van der Waals surface area contributed by atoms with Crippen LogP contribution in [0, 0.1) is 0 Å². The molecular formula is C14H14F3N3O3S. The lowest BCUT2D eigenvalue weighted by atomic mass is 10.1. The number of rotatable bonds is 6. The van der Waals surface area contributed by atoms with Crippen LogP contribution in [0.1, 0.15) is 16.2 Å². The molecule has 0 saturated carbocycles. The SMILES string of the molecule is COc1ccc(C(=O)CSc2nnc(C(F)(F)F)n2C)cc1OC. The largest absolute Gasteiger partial charge is 0.493 e. The van der Waals surface area contributed by atoms with Gasteiger partial charge in [0, 0.05) is 12.6 Å². The first-order valence-electron chi connectivity index (χ1n) is 6.62. The Morgan fingerprint density at radius 2 is 1.88 bits per heavy atom. The number of hydrogen-bond donors (Lipinski definition) is 0. The minimum atomic E-state index is -4.59. The molecule has 0 amide bonds. The van der Waals surface area contributed by atoms with Gasteiger partial charge in [0.25, 0.3) is 0 Å². The fourth-order valence-electron chi connectivity index (χ4n) is 1.91. The summed E-state index contributed by atoms with van der Waals surface area (Å²) in [5, 5.41) is 6.59. The summed E-state index contributed by atoms with van der Waals surface area (Å²) in [6, 6.07) is 4.66. The maximum Gasteiger partial charge on any atom is 0.451 e. The quantitative estimate of drug-likeness (QED) is 0.582. The Morgan fingerprint density at radius 1 is 1.21 bits per heavy atom. The van der Waals surface area contributed by atoms with Gasteiger partial charge in [0.05, 0.1) is 20.0 Å². The molecule has 0 aliphatic rings. The Hall–Kier alpha value is -2.23. The van der Waals surface area contributed by atoms with E-state index in [1.165, 1.54) is 27.3 Å².